The fourth-order valence-corrected chi connectivity index (χ4v) is 3.73. The van der Waals surface area contributed by atoms with Gasteiger partial charge in [0.1, 0.15) is 11.9 Å². The molecule has 0 aromatic heterocycles. The van der Waals surface area contributed by atoms with E-state index in [1.54, 1.807) is 12.1 Å². The average Bonchev–Trinajstić information content (AvgIpc) is 2.75. The molecule has 3 aromatic rings. The lowest BCUT2D eigenvalue weighted by Crippen LogP contribution is -2.40. The molecule has 0 bridgehead atoms. The minimum absolute atomic E-state index is 0.125. The van der Waals surface area contributed by atoms with Crippen LogP contribution in [0.25, 0.3) is 0 Å². The van der Waals surface area contributed by atoms with Crippen molar-refractivity contribution in [2.45, 2.75) is 25.5 Å². The second-order valence-electron chi connectivity index (χ2n) is 7.04. The lowest BCUT2D eigenvalue weighted by molar-refractivity contribution is -0.128. The van der Waals surface area contributed by atoms with Crippen molar-refractivity contribution in [1.82, 2.24) is 0 Å². The predicted octanol–water partition coefficient (Wildman–Crippen LogP) is 4.93. The third-order valence-electron chi connectivity index (χ3n) is 5.12. The standard InChI is InChI=1S/C24H23FN2O2/c1-2-29-23-22(17-6-4-3-5-7-17)20-14-19(12-13-21(20)27-24(23)28)26-15-16-8-10-18(25)11-9-16/h3-14,22-23,26H,2,15H2,1H3,(H,27,28). The Morgan fingerprint density at radius 2 is 1.79 bits per heavy atom. The second-order valence-corrected chi connectivity index (χ2v) is 7.04. The van der Waals surface area contributed by atoms with E-state index in [4.69, 9.17) is 4.74 Å². The van der Waals surface area contributed by atoms with Crippen molar-refractivity contribution in [1.29, 1.82) is 0 Å². The molecule has 3 aromatic carbocycles. The van der Waals surface area contributed by atoms with Crippen molar-refractivity contribution < 1.29 is 13.9 Å². The van der Waals surface area contributed by atoms with Gasteiger partial charge in [-0.2, -0.15) is 0 Å². The highest BCUT2D eigenvalue weighted by atomic mass is 19.1. The van der Waals surface area contributed by atoms with Gasteiger partial charge in [0.05, 0.1) is 0 Å². The summed E-state index contributed by atoms with van der Waals surface area (Å²) >= 11 is 0. The molecule has 0 saturated heterocycles. The van der Waals surface area contributed by atoms with Gasteiger partial charge in [-0.1, -0.05) is 42.5 Å². The minimum Gasteiger partial charge on any atom is -0.381 e. The van der Waals surface area contributed by atoms with Gasteiger partial charge in [0.25, 0.3) is 5.91 Å². The quantitative estimate of drug-likeness (QED) is 0.628. The Morgan fingerprint density at radius 1 is 1.03 bits per heavy atom. The number of hydrogen-bond acceptors (Lipinski definition) is 3. The van der Waals surface area contributed by atoms with Crippen LogP contribution in [-0.4, -0.2) is 18.6 Å². The van der Waals surface area contributed by atoms with Crippen LogP contribution in [0.15, 0.2) is 72.8 Å². The third-order valence-corrected chi connectivity index (χ3v) is 5.12. The first-order valence-electron chi connectivity index (χ1n) is 9.75. The Labute approximate surface area is 169 Å². The average molecular weight is 390 g/mol. The highest BCUT2D eigenvalue weighted by molar-refractivity contribution is 5.99. The zero-order valence-electron chi connectivity index (χ0n) is 16.2. The van der Waals surface area contributed by atoms with E-state index >= 15 is 0 Å². The van der Waals surface area contributed by atoms with Gasteiger partial charge in [0.15, 0.2) is 0 Å². The summed E-state index contributed by atoms with van der Waals surface area (Å²) in [7, 11) is 0. The summed E-state index contributed by atoms with van der Waals surface area (Å²) in [6, 6.07) is 22.3. The van der Waals surface area contributed by atoms with E-state index in [0.717, 1.165) is 28.1 Å². The van der Waals surface area contributed by atoms with Crippen LogP contribution in [-0.2, 0) is 16.1 Å². The van der Waals surface area contributed by atoms with Crippen molar-refractivity contribution in [3.05, 3.63) is 95.3 Å². The smallest absolute Gasteiger partial charge is 0.254 e. The number of carbonyl (C=O) groups is 1. The summed E-state index contributed by atoms with van der Waals surface area (Å²) in [5, 5.41) is 6.35. The maximum Gasteiger partial charge on any atom is 0.254 e. The molecule has 0 saturated carbocycles. The molecule has 4 nitrogen and oxygen atoms in total. The molecule has 0 fully saturated rings. The monoisotopic (exact) mass is 390 g/mol. The van der Waals surface area contributed by atoms with Crippen molar-refractivity contribution >= 4 is 17.3 Å². The Balaban J connectivity index is 1.66. The summed E-state index contributed by atoms with van der Waals surface area (Å²) < 4.78 is 18.9. The largest absolute Gasteiger partial charge is 0.381 e. The number of ether oxygens (including phenoxy) is 1. The van der Waals surface area contributed by atoms with E-state index in [1.807, 2.05) is 49.4 Å². The van der Waals surface area contributed by atoms with Crippen LogP contribution < -0.4 is 10.6 Å². The molecule has 0 aliphatic carbocycles. The van der Waals surface area contributed by atoms with E-state index in [9.17, 15) is 9.18 Å². The third kappa shape index (κ3) is 4.15. The molecule has 148 valence electrons. The van der Waals surface area contributed by atoms with E-state index in [0.29, 0.717) is 13.2 Å². The number of nitrogens with one attached hydrogen (secondary N) is 2. The second kappa shape index (κ2) is 8.45. The molecule has 2 atom stereocenters. The molecule has 4 rings (SSSR count). The number of hydrogen-bond donors (Lipinski definition) is 2. The number of carbonyl (C=O) groups excluding carboxylic acids is 1. The van der Waals surface area contributed by atoms with Gasteiger partial charge in [-0.15, -0.1) is 0 Å². The van der Waals surface area contributed by atoms with Crippen LogP contribution in [0.5, 0.6) is 0 Å². The highest BCUT2D eigenvalue weighted by Gasteiger charge is 2.37. The molecule has 1 amide bonds. The fourth-order valence-electron chi connectivity index (χ4n) is 3.73. The van der Waals surface area contributed by atoms with Crippen molar-refractivity contribution in [3.63, 3.8) is 0 Å². The number of anilines is 2. The van der Waals surface area contributed by atoms with Gasteiger partial charge in [0, 0.05) is 30.4 Å². The first kappa shape index (κ1) is 19.2. The maximum absolute atomic E-state index is 13.1. The van der Waals surface area contributed by atoms with Gasteiger partial charge < -0.3 is 15.4 Å². The van der Waals surface area contributed by atoms with E-state index in [-0.39, 0.29) is 17.6 Å². The molecule has 5 heteroatoms. The number of amides is 1. The number of fused-ring (bicyclic) bond motifs is 1. The summed E-state index contributed by atoms with van der Waals surface area (Å²) in [5.74, 6) is -0.557. The van der Waals surface area contributed by atoms with Crippen molar-refractivity contribution in [3.8, 4) is 0 Å². The molecule has 1 heterocycles. The summed E-state index contributed by atoms with van der Waals surface area (Å²) in [6.45, 7) is 2.93. The molecule has 0 radical (unpaired) electrons. The topological polar surface area (TPSA) is 50.4 Å². The van der Waals surface area contributed by atoms with Crippen molar-refractivity contribution in [2.24, 2.45) is 0 Å². The predicted molar refractivity (Wildman–Crippen MR) is 112 cm³/mol. The minimum atomic E-state index is -0.581. The van der Waals surface area contributed by atoms with Crippen LogP contribution in [0.4, 0.5) is 15.8 Å². The van der Waals surface area contributed by atoms with Gasteiger partial charge in [-0.3, -0.25) is 4.79 Å². The number of halogens is 1. The van der Waals surface area contributed by atoms with E-state index < -0.39 is 6.10 Å². The van der Waals surface area contributed by atoms with Gasteiger partial charge >= 0.3 is 0 Å². The van der Waals surface area contributed by atoms with Gasteiger partial charge in [0.2, 0.25) is 0 Å². The lowest BCUT2D eigenvalue weighted by Gasteiger charge is -2.33. The highest BCUT2D eigenvalue weighted by Crippen LogP contribution is 2.40. The van der Waals surface area contributed by atoms with E-state index in [2.05, 4.69) is 16.7 Å². The first-order valence-corrected chi connectivity index (χ1v) is 9.75. The van der Waals surface area contributed by atoms with E-state index in [1.165, 1.54) is 12.1 Å². The summed E-state index contributed by atoms with van der Waals surface area (Å²) in [6.07, 6.45) is -0.581. The van der Waals surface area contributed by atoms with Crippen LogP contribution in [0.1, 0.15) is 29.5 Å². The molecule has 1 aliphatic heterocycles. The number of benzene rings is 3. The summed E-state index contributed by atoms with van der Waals surface area (Å²) in [4.78, 5) is 12.7. The number of rotatable bonds is 6. The molecule has 29 heavy (non-hydrogen) atoms. The zero-order chi connectivity index (χ0) is 20.2. The zero-order valence-corrected chi connectivity index (χ0v) is 16.2. The molecule has 1 aliphatic rings. The first-order chi connectivity index (χ1) is 14.2. The van der Waals surface area contributed by atoms with Crippen LogP contribution in [0.2, 0.25) is 0 Å². The molecule has 2 unspecified atom stereocenters. The van der Waals surface area contributed by atoms with Gasteiger partial charge in [-0.25, -0.2) is 4.39 Å². The SMILES string of the molecule is CCOC1C(=O)Nc2ccc(NCc3ccc(F)cc3)cc2C1c1ccccc1. The summed E-state index contributed by atoms with van der Waals surface area (Å²) in [5.41, 5.74) is 4.77. The lowest BCUT2D eigenvalue weighted by atomic mass is 9.82. The fraction of sp³-hybridized carbons (Fsp3) is 0.208. The Kier molecular flexibility index (Phi) is 5.58. The van der Waals surface area contributed by atoms with Crippen LogP contribution in [0, 0.1) is 5.82 Å². The Morgan fingerprint density at radius 3 is 2.52 bits per heavy atom. The normalized spacial score (nSPS) is 18.1. The Bertz CT molecular complexity index is 990. The van der Waals surface area contributed by atoms with Crippen LogP contribution >= 0.6 is 0 Å². The van der Waals surface area contributed by atoms with Gasteiger partial charge in [-0.05, 0) is 53.9 Å². The Hall–Kier alpha value is -3.18. The molecular weight excluding hydrogens is 367 g/mol. The molecule has 2 N–H and O–H groups in total. The molecular formula is C24H23FN2O2. The van der Waals surface area contributed by atoms with Crippen molar-refractivity contribution in [2.75, 3.05) is 17.2 Å². The van der Waals surface area contributed by atoms with Crippen LogP contribution in [0.3, 0.4) is 0 Å². The molecule has 0 spiro atoms. The maximum atomic E-state index is 13.1.